The smallest absolute Gasteiger partial charge is 0.458 e. The molecule has 5 fully saturated rings. The summed E-state index contributed by atoms with van der Waals surface area (Å²) in [5.74, 6) is -0.247. The molecule has 2 saturated carbocycles. The van der Waals surface area contributed by atoms with Gasteiger partial charge in [0.25, 0.3) is 0 Å². The van der Waals surface area contributed by atoms with Gasteiger partial charge in [0.2, 0.25) is 5.60 Å². The van der Waals surface area contributed by atoms with Gasteiger partial charge in [-0.1, -0.05) is 20.8 Å². The van der Waals surface area contributed by atoms with E-state index in [4.69, 9.17) is 23.7 Å². The fourth-order valence-corrected chi connectivity index (χ4v) is 7.92. The van der Waals surface area contributed by atoms with Crippen molar-refractivity contribution >= 4 is 12.1 Å². The number of aliphatic hydroxyl groups excluding tert-OH is 1. The highest BCUT2D eigenvalue weighted by atomic mass is 16.8. The van der Waals surface area contributed by atoms with Crippen LogP contribution in [0.5, 0.6) is 0 Å². The van der Waals surface area contributed by atoms with Gasteiger partial charge >= 0.3 is 12.1 Å². The normalized spacial score (nSPS) is 58.2. The molecule has 3 saturated heterocycles. The number of ether oxygens (including phenoxy) is 5. The maximum atomic E-state index is 12.4. The van der Waals surface area contributed by atoms with Crippen LogP contribution in [-0.4, -0.2) is 65.1 Å². The minimum absolute atomic E-state index is 0.0744. The second-order valence-electron chi connectivity index (χ2n) is 10.3. The van der Waals surface area contributed by atoms with Crippen molar-refractivity contribution in [2.75, 3.05) is 6.61 Å². The molecule has 0 radical (unpaired) electrons. The second-order valence-corrected chi connectivity index (χ2v) is 10.3. The van der Waals surface area contributed by atoms with E-state index in [1.54, 1.807) is 0 Å². The Bertz CT molecular complexity index is 926. The van der Waals surface area contributed by atoms with Gasteiger partial charge in [-0.25, -0.2) is 9.59 Å². The Morgan fingerprint density at radius 3 is 2.72 bits per heavy atom. The van der Waals surface area contributed by atoms with E-state index in [0.29, 0.717) is 19.3 Å². The molecule has 29 heavy (non-hydrogen) atoms. The summed E-state index contributed by atoms with van der Waals surface area (Å²) in [6, 6.07) is 0. The topological polar surface area (TPSA) is 107 Å². The molecule has 8 heteroatoms. The van der Waals surface area contributed by atoms with Crippen molar-refractivity contribution in [1.29, 1.82) is 0 Å². The van der Waals surface area contributed by atoms with Crippen LogP contribution >= 0.6 is 0 Å². The van der Waals surface area contributed by atoms with Crippen molar-refractivity contribution < 1.29 is 38.4 Å². The van der Waals surface area contributed by atoms with Crippen LogP contribution in [0.15, 0.2) is 11.1 Å². The molecule has 0 aromatic rings. The Kier molecular flexibility index (Phi) is 2.65. The maximum absolute atomic E-state index is 12.4. The first-order valence-corrected chi connectivity index (χ1v) is 10.6. The van der Waals surface area contributed by atoms with Gasteiger partial charge in [-0.05, 0) is 36.7 Å². The largest absolute Gasteiger partial charge is 0.509 e. The monoisotopic (exact) mass is 404 g/mol. The van der Waals surface area contributed by atoms with Crippen molar-refractivity contribution in [2.45, 2.75) is 81.3 Å². The first-order chi connectivity index (χ1) is 13.7. The summed E-state index contributed by atoms with van der Waals surface area (Å²) < 4.78 is 29.6. The van der Waals surface area contributed by atoms with Gasteiger partial charge in [-0.3, -0.25) is 0 Å². The molecule has 2 spiro atoms. The van der Waals surface area contributed by atoms with E-state index >= 15 is 0 Å². The van der Waals surface area contributed by atoms with Gasteiger partial charge in [0.1, 0.15) is 36.1 Å². The van der Waals surface area contributed by atoms with Crippen LogP contribution in [0, 0.1) is 17.3 Å². The number of aliphatic hydroxyl groups is 1. The van der Waals surface area contributed by atoms with Gasteiger partial charge in [0.05, 0.1) is 0 Å². The van der Waals surface area contributed by atoms with Crippen LogP contribution in [0.3, 0.4) is 0 Å². The standard InChI is InChI=1S/C21H24O8/c1-8(2)19-13(27-19)14-21(28-14)18(3)5-4-9-10(7-25-15(9)23)11(18)6-12(22)20(21)16(19)26-17(24)29-20/h8,11-14,16,22H,4-7H2,1-3H3/t11-,12+,13-,14+,16+,18-,19-,20+,21+/m0/s1. The van der Waals surface area contributed by atoms with Crippen molar-refractivity contribution in [1.82, 2.24) is 0 Å². The zero-order valence-electron chi connectivity index (χ0n) is 16.6. The van der Waals surface area contributed by atoms with Gasteiger partial charge in [-0.2, -0.15) is 0 Å². The van der Waals surface area contributed by atoms with Crippen LogP contribution in [0.4, 0.5) is 4.79 Å². The quantitative estimate of drug-likeness (QED) is 0.514. The predicted molar refractivity (Wildman–Crippen MR) is 93.6 cm³/mol. The number of esters is 1. The summed E-state index contributed by atoms with van der Waals surface area (Å²) in [6.07, 6.45) is -1.24. The average Bonchev–Trinajstić information content (AvgIpc) is 3.52. The lowest BCUT2D eigenvalue weighted by Crippen LogP contribution is -2.77. The molecule has 3 aliphatic carbocycles. The van der Waals surface area contributed by atoms with Gasteiger partial charge < -0.3 is 28.8 Å². The highest BCUT2D eigenvalue weighted by Gasteiger charge is 2.99. The molecule has 7 aliphatic rings. The number of carbonyl (C=O) groups excluding carboxylic acids is 2. The molecule has 0 unspecified atom stereocenters. The Balaban J connectivity index is 1.44. The van der Waals surface area contributed by atoms with Gasteiger partial charge in [-0.15, -0.1) is 0 Å². The lowest BCUT2D eigenvalue weighted by molar-refractivity contribution is -0.219. The molecule has 9 atom stereocenters. The van der Waals surface area contributed by atoms with Crippen LogP contribution in [0.2, 0.25) is 0 Å². The van der Waals surface area contributed by atoms with E-state index in [9.17, 15) is 14.7 Å². The zero-order chi connectivity index (χ0) is 20.1. The van der Waals surface area contributed by atoms with E-state index in [2.05, 4.69) is 6.92 Å². The van der Waals surface area contributed by atoms with Gasteiger partial charge in [0, 0.05) is 11.0 Å². The van der Waals surface area contributed by atoms with Crippen molar-refractivity contribution in [2.24, 2.45) is 17.3 Å². The summed E-state index contributed by atoms with van der Waals surface area (Å²) in [5, 5.41) is 11.5. The Morgan fingerprint density at radius 2 is 1.97 bits per heavy atom. The van der Waals surface area contributed by atoms with Crippen molar-refractivity contribution in [3.8, 4) is 0 Å². The van der Waals surface area contributed by atoms with Crippen LogP contribution in [0.25, 0.3) is 0 Å². The van der Waals surface area contributed by atoms with Crippen LogP contribution in [-0.2, 0) is 28.5 Å². The number of hydrogen-bond acceptors (Lipinski definition) is 8. The summed E-state index contributed by atoms with van der Waals surface area (Å²) in [5.41, 5.74) is -1.57. The molecule has 0 amide bonds. The van der Waals surface area contributed by atoms with Crippen molar-refractivity contribution in [3.63, 3.8) is 0 Å². The summed E-state index contributed by atoms with van der Waals surface area (Å²) in [7, 11) is 0. The van der Waals surface area contributed by atoms with E-state index < -0.39 is 40.6 Å². The first-order valence-electron chi connectivity index (χ1n) is 10.6. The Morgan fingerprint density at radius 1 is 1.17 bits per heavy atom. The third-order valence-electron chi connectivity index (χ3n) is 9.28. The van der Waals surface area contributed by atoms with Crippen LogP contribution < -0.4 is 0 Å². The molecule has 4 heterocycles. The average molecular weight is 404 g/mol. The summed E-state index contributed by atoms with van der Waals surface area (Å²) in [4.78, 5) is 24.6. The molecule has 0 aromatic carbocycles. The molecule has 1 N–H and O–H groups in total. The lowest BCUT2D eigenvalue weighted by Gasteiger charge is -2.59. The van der Waals surface area contributed by atoms with Crippen LogP contribution in [0.1, 0.15) is 40.0 Å². The predicted octanol–water partition coefficient (Wildman–Crippen LogP) is 1.24. The molecule has 0 bridgehead atoms. The van der Waals surface area contributed by atoms with E-state index in [1.807, 2.05) is 13.8 Å². The molecular weight excluding hydrogens is 380 g/mol. The minimum atomic E-state index is -1.29. The third-order valence-corrected chi connectivity index (χ3v) is 9.28. The molecule has 0 aromatic heterocycles. The Hall–Kier alpha value is -1.64. The molecule has 8 nitrogen and oxygen atoms in total. The van der Waals surface area contributed by atoms with E-state index in [-0.39, 0.29) is 36.6 Å². The number of fused-ring (bicyclic) bond motifs is 5. The number of hydrogen-bond donors (Lipinski definition) is 1. The van der Waals surface area contributed by atoms with E-state index in [1.165, 1.54) is 0 Å². The zero-order valence-corrected chi connectivity index (χ0v) is 16.6. The first kappa shape index (κ1) is 17.1. The lowest BCUT2D eigenvalue weighted by atomic mass is 9.44. The summed E-state index contributed by atoms with van der Waals surface area (Å²) >= 11 is 0. The molecular formula is C21H24O8. The van der Waals surface area contributed by atoms with Crippen molar-refractivity contribution in [3.05, 3.63) is 11.1 Å². The SMILES string of the molecule is CC(C)[C@]12O[C@H]1[C@H]1O[C@]13[C@@]1(OC(=O)O[C@H]21)[C@H](O)C[C@H]1C2=C(CC[C@@]13C)C(=O)OC2. The molecule has 4 aliphatic heterocycles. The highest BCUT2D eigenvalue weighted by molar-refractivity contribution is 5.92. The molecule has 7 rings (SSSR count). The number of cyclic esters (lactones) is 1. The number of rotatable bonds is 1. The second kappa shape index (κ2) is 4.50. The van der Waals surface area contributed by atoms with E-state index in [0.717, 1.165) is 11.1 Å². The Labute approximate surface area is 167 Å². The number of carbonyl (C=O) groups is 2. The fraction of sp³-hybridized carbons (Fsp3) is 0.810. The molecule has 156 valence electrons. The maximum Gasteiger partial charge on any atom is 0.509 e. The number of epoxide rings is 2. The fourth-order valence-electron chi connectivity index (χ4n) is 7.92. The highest BCUT2D eigenvalue weighted by Crippen LogP contribution is 2.79. The third kappa shape index (κ3) is 1.44. The minimum Gasteiger partial charge on any atom is -0.458 e. The summed E-state index contributed by atoms with van der Waals surface area (Å²) in [6.45, 7) is 6.48. The van der Waals surface area contributed by atoms with Gasteiger partial charge in [0.15, 0.2) is 6.10 Å².